The first-order chi connectivity index (χ1) is 11.0. The highest BCUT2D eigenvalue weighted by Crippen LogP contribution is 2.12. The molecule has 3 amide bonds. The van der Waals surface area contributed by atoms with Crippen LogP contribution in [0.4, 0.5) is 0 Å². The van der Waals surface area contributed by atoms with Crippen LogP contribution in [0.3, 0.4) is 0 Å². The molecule has 0 atom stereocenters. The maximum atomic E-state index is 12.2. The van der Waals surface area contributed by atoms with Crippen LogP contribution in [0.2, 0.25) is 0 Å². The Bertz CT molecular complexity index is 549. The number of piperazine rings is 1. The Kier molecular flexibility index (Phi) is 6.15. The Morgan fingerprint density at radius 3 is 2.39 bits per heavy atom. The van der Waals surface area contributed by atoms with Crippen molar-refractivity contribution < 1.29 is 14.4 Å². The zero-order chi connectivity index (χ0) is 16.8. The van der Waals surface area contributed by atoms with E-state index in [0.29, 0.717) is 32.6 Å². The van der Waals surface area contributed by atoms with Gasteiger partial charge < -0.3 is 15.1 Å². The van der Waals surface area contributed by atoms with Crippen LogP contribution in [-0.4, -0.2) is 59.7 Å². The van der Waals surface area contributed by atoms with Gasteiger partial charge in [0.1, 0.15) is 0 Å². The van der Waals surface area contributed by atoms with E-state index in [1.54, 1.807) is 16.2 Å². The molecule has 0 bridgehead atoms. The van der Waals surface area contributed by atoms with Gasteiger partial charge in [-0.2, -0.15) is 0 Å². The summed E-state index contributed by atoms with van der Waals surface area (Å²) >= 11 is 1.66. The van der Waals surface area contributed by atoms with Crippen LogP contribution in [0.5, 0.6) is 0 Å². The lowest BCUT2D eigenvalue weighted by Gasteiger charge is -2.34. The SMILES string of the molecule is CC(C)NC(=O)C(=O)N1CCN(C(=O)CCc2cccs2)CC1. The summed E-state index contributed by atoms with van der Waals surface area (Å²) < 4.78 is 0. The zero-order valence-corrected chi connectivity index (χ0v) is 14.4. The highest BCUT2D eigenvalue weighted by atomic mass is 32.1. The number of nitrogens with zero attached hydrogens (tertiary/aromatic N) is 2. The van der Waals surface area contributed by atoms with Crippen molar-refractivity contribution >= 4 is 29.1 Å². The van der Waals surface area contributed by atoms with Crippen LogP contribution in [0.25, 0.3) is 0 Å². The first-order valence-electron chi connectivity index (χ1n) is 7.87. The third kappa shape index (κ3) is 5.06. The second kappa shape index (κ2) is 8.10. The minimum absolute atomic E-state index is 0.0634. The summed E-state index contributed by atoms with van der Waals surface area (Å²) in [4.78, 5) is 40.4. The van der Waals surface area contributed by atoms with E-state index >= 15 is 0 Å². The van der Waals surface area contributed by atoms with E-state index in [9.17, 15) is 14.4 Å². The largest absolute Gasteiger partial charge is 0.346 e. The minimum atomic E-state index is -0.572. The lowest BCUT2D eigenvalue weighted by molar-refractivity contribution is -0.148. The fourth-order valence-corrected chi connectivity index (χ4v) is 3.18. The number of thiophene rings is 1. The fourth-order valence-electron chi connectivity index (χ4n) is 2.47. The van der Waals surface area contributed by atoms with E-state index in [-0.39, 0.29) is 11.9 Å². The van der Waals surface area contributed by atoms with Crippen LogP contribution >= 0.6 is 11.3 Å². The van der Waals surface area contributed by atoms with E-state index in [0.717, 1.165) is 6.42 Å². The van der Waals surface area contributed by atoms with Gasteiger partial charge >= 0.3 is 11.8 Å². The van der Waals surface area contributed by atoms with Crippen LogP contribution in [-0.2, 0) is 20.8 Å². The predicted molar refractivity (Wildman–Crippen MR) is 89.1 cm³/mol. The summed E-state index contributed by atoms with van der Waals surface area (Å²) in [6.07, 6.45) is 1.24. The molecule has 2 heterocycles. The van der Waals surface area contributed by atoms with Crippen molar-refractivity contribution in [3.05, 3.63) is 22.4 Å². The molecule has 1 aromatic heterocycles. The smallest absolute Gasteiger partial charge is 0.312 e. The topological polar surface area (TPSA) is 69.7 Å². The third-order valence-electron chi connectivity index (χ3n) is 3.70. The van der Waals surface area contributed by atoms with E-state index in [4.69, 9.17) is 0 Å². The van der Waals surface area contributed by atoms with Gasteiger partial charge in [-0.05, 0) is 31.7 Å². The molecule has 0 unspecified atom stereocenters. The summed E-state index contributed by atoms with van der Waals surface area (Å²) in [7, 11) is 0. The molecule has 1 fully saturated rings. The van der Waals surface area contributed by atoms with Gasteiger partial charge in [-0.3, -0.25) is 14.4 Å². The molecule has 0 aromatic carbocycles. The Morgan fingerprint density at radius 2 is 1.83 bits per heavy atom. The molecule has 23 heavy (non-hydrogen) atoms. The molecule has 2 rings (SSSR count). The van der Waals surface area contributed by atoms with Gasteiger partial charge in [0.05, 0.1) is 0 Å². The van der Waals surface area contributed by atoms with Crippen LogP contribution < -0.4 is 5.32 Å². The molecule has 0 aliphatic carbocycles. The number of rotatable bonds is 4. The second-order valence-electron chi connectivity index (χ2n) is 5.88. The van der Waals surface area contributed by atoms with Gasteiger partial charge in [0.25, 0.3) is 0 Å². The molecule has 0 radical (unpaired) electrons. The Labute approximate surface area is 140 Å². The first-order valence-corrected chi connectivity index (χ1v) is 8.75. The highest BCUT2D eigenvalue weighted by Gasteiger charge is 2.27. The molecule has 1 aliphatic rings. The zero-order valence-electron chi connectivity index (χ0n) is 13.6. The number of carbonyl (C=O) groups is 3. The van der Waals surface area contributed by atoms with Crippen molar-refractivity contribution in [1.29, 1.82) is 0 Å². The van der Waals surface area contributed by atoms with Crippen molar-refractivity contribution in [1.82, 2.24) is 15.1 Å². The predicted octanol–water partition coefficient (Wildman–Crippen LogP) is 0.876. The maximum absolute atomic E-state index is 12.2. The fraction of sp³-hybridized carbons (Fsp3) is 0.562. The van der Waals surface area contributed by atoms with Gasteiger partial charge in [-0.15, -0.1) is 11.3 Å². The van der Waals surface area contributed by atoms with Crippen LogP contribution in [0.15, 0.2) is 17.5 Å². The average Bonchev–Trinajstić information content (AvgIpc) is 3.04. The quantitative estimate of drug-likeness (QED) is 0.829. The lowest BCUT2D eigenvalue weighted by Crippen LogP contribution is -2.54. The molecule has 6 nitrogen and oxygen atoms in total. The van der Waals surface area contributed by atoms with Gasteiger partial charge in [0.2, 0.25) is 5.91 Å². The Hall–Kier alpha value is -1.89. The number of hydrogen-bond donors (Lipinski definition) is 1. The second-order valence-corrected chi connectivity index (χ2v) is 6.91. The molecule has 0 saturated carbocycles. The van der Waals surface area contributed by atoms with Gasteiger partial charge in [-0.1, -0.05) is 6.07 Å². The van der Waals surface area contributed by atoms with Crippen molar-refractivity contribution in [2.75, 3.05) is 26.2 Å². The molecule has 1 aliphatic heterocycles. The molecule has 0 spiro atoms. The Balaban J connectivity index is 1.75. The van der Waals surface area contributed by atoms with Crippen molar-refractivity contribution in [2.45, 2.75) is 32.7 Å². The molecule has 1 aromatic rings. The number of hydrogen-bond acceptors (Lipinski definition) is 4. The van der Waals surface area contributed by atoms with Crippen molar-refractivity contribution in [3.63, 3.8) is 0 Å². The maximum Gasteiger partial charge on any atom is 0.312 e. The Morgan fingerprint density at radius 1 is 1.17 bits per heavy atom. The lowest BCUT2D eigenvalue weighted by atomic mass is 10.2. The van der Waals surface area contributed by atoms with E-state index in [1.807, 2.05) is 31.4 Å². The molecular weight excluding hydrogens is 314 g/mol. The number of carbonyl (C=O) groups excluding carboxylic acids is 3. The highest BCUT2D eigenvalue weighted by molar-refractivity contribution is 7.09. The summed E-state index contributed by atoms with van der Waals surface area (Å²) in [6, 6.07) is 3.95. The molecule has 7 heteroatoms. The van der Waals surface area contributed by atoms with Gasteiger partial charge in [0.15, 0.2) is 0 Å². The standard InChI is InChI=1S/C16H23N3O3S/c1-12(2)17-15(21)16(22)19-9-7-18(8-10-19)14(20)6-5-13-4-3-11-23-13/h3-4,11-12H,5-10H2,1-2H3,(H,17,21). The number of aryl methyl sites for hydroxylation is 1. The van der Waals surface area contributed by atoms with Gasteiger partial charge in [-0.25, -0.2) is 0 Å². The average molecular weight is 337 g/mol. The van der Waals surface area contributed by atoms with Crippen LogP contribution in [0.1, 0.15) is 25.1 Å². The van der Waals surface area contributed by atoms with E-state index in [1.165, 1.54) is 9.78 Å². The summed E-state index contributed by atoms with van der Waals surface area (Å²) in [5, 5.41) is 4.61. The monoisotopic (exact) mass is 337 g/mol. The van der Waals surface area contributed by atoms with Gasteiger partial charge in [0, 0.05) is 43.5 Å². The number of amides is 3. The van der Waals surface area contributed by atoms with Crippen molar-refractivity contribution in [2.24, 2.45) is 0 Å². The third-order valence-corrected chi connectivity index (χ3v) is 4.64. The molecular formula is C16H23N3O3S. The summed E-state index contributed by atoms with van der Waals surface area (Å²) in [5.41, 5.74) is 0. The van der Waals surface area contributed by atoms with Crippen LogP contribution in [0, 0.1) is 0 Å². The summed E-state index contributed by atoms with van der Waals surface area (Å²) in [5.74, 6) is -0.973. The van der Waals surface area contributed by atoms with E-state index < -0.39 is 11.8 Å². The molecule has 1 saturated heterocycles. The first kappa shape index (κ1) is 17.5. The van der Waals surface area contributed by atoms with E-state index in [2.05, 4.69) is 5.32 Å². The summed E-state index contributed by atoms with van der Waals surface area (Å²) in [6.45, 7) is 5.43. The minimum Gasteiger partial charge on any atom is -0.346 e. The molecule has 1 N–H and O–H groups in total. The normalized spacial score (nSPS) is 14.9. The number of nitrogens with one attached hydrogen (secondary N) is 1. The molecule has 126 valence electrons. The van der Waals surface area contributed by atoms with Crippen molar-refractivity contribution in [3.8, 4) is 0 Å².